The highest BCUT2D eigenvalue weighted by atomic mass is 35.5. The lowest BCUT2D eigenvalue weighted by Gasteiger charge is -2.12. The van der Waals surface area contributed by atoms with E-state index in [2.05, 4.69) is 10.3 Å². The number of hydrogen-bond acceptors (Lipinski definition) is 4. The summed E-state index contributed by atoms with van der Waals surface area (Å²) in [6, 6.07) is 11.3. The van der Waals surface area contributed by atoms with Crippen molar-refractivity contribution in [2.24, 2.45) is 0 Å². The van der Waals surface area contributed by atoms with E-state index in [4.69, 9.17) is 11.6 Å². The first-order valence-electron chi connectivity index (χ1n) is 8.42. The molecule has 0 bridgehead atoms. The van der Waals surface area contributed by atoms with Crippen molar-refractivity contribution in [3.8, 4) is 0 Å². The topological polar surface area (TPSA) is 64.0 Å². The van der Waals surface area contributed by atoms with Crippen LogP contribution >= 0.6 is 23.4 Å². The normalized spacial score (nSPS) is 13.7. The van der Waals surface area contributed by atoms with Gasteiger partial charge in [0.25, 0.3) is 5.56 Å². The van der Waals surface area contributed by atoms with Crippen molar-refractivity contribution in [3.05, 3.63) is 63.7 Å². The van der Waals surface area contributed by atoms with Gasteiger partial charge >= 0.3 is 0 Å². The van der Waals surface area contributed by atoms with Crippen molar-refractivity contribution in [2.45, 2.75) is 24.0 Å². The molecule has 0 unspecified atom stereocenters. The molecule has 8 heteroatoms. The molecule has 2 aromatic carbocycles. The lowest BCUT2D eigenvalue weighted by Crippen LogP contribution is -2.23. The first-order chi connectivity index (χ1) is 13.0. The van der Waals surface area contributed by atoms with Crippen LogP contribution in [-0.2, 0) is 4.79 Å². The number of rotatable bonds is 5. The van der Waals surface area contributed by atoms with Crippen molar-refractivity contribution in [2.75, 3.05) is 11.1 Å². The summed E-state index contributed by atoms with van der Waals surface area (Å²) in [5.74, 6) is -0.753. The number of amides is 1. The van der Waals surface area contributed by atoms with E-state index < -0.39 is 5.82 Å². The van der Waals surface area contributed by atoms with Crippen LogP contribution in [0.2, 0.25) is 5.02 Å². The molecule has 0 aliphatic heterocycles. The summed E-state index contributed by atoms with van der Waals surface area (Å²) in [5, 5.41) is 3.73. The van der Waals surface area contributed by atoms with E-state index >= 15 is 0 Å². The molecule has 1 aliphatic rings. The van der Waals surface area contributed by atoms with Gasteiger partial charge in [-0.05, 0) is 43.2 Å². The summed E-state index contributed by atoms with van der Waals surface area (Å²) in [5.41, 5.74) is 0.960. The number of carbonyl (C=O) groups is 1. The molecule has 0 saturated heterocycles. The Bertz CT molecular complexity index is 1100. The smallest absolute Gasteiger partial charge is 0.262 e. The molecular formula is C19H15ClFN3O2S. The van der Waals surface area contributed by atoms with Crippen LogP contribution in [0.4, 0.5) is 10.1 Å². The highest BCUT2D eigenvalue weighted by Gasteiger charge is 2.28. The zero-order valence-electron chi connectivity index (χ0n) is 14.1. The van der Waals surface area contributed by atoms with Gasteiger partial charge in [-0.15, -0.1) is 0 Å². The summed E-state index contributed by atoms with van der Waals surface area (Å²) in [6.45, 7) is 0. The molecule has 3 aromatic rings. The van der Waals surface area contributed by atoms with Crippen molar-refractivity contribution >= 4 is 45.9 Å². The van der Waals surface area contributed by atoms with Crippen LogP contribution in [0, 0.1) is 5.82 Å². The summed E-state index contributed by atoms with van der Waals surface area (Å²) in [6.07, 6.45) is 1.88. The Labute approximate surface area is 163 Å². The molecule has 138 valence electrons. The van der Waals surface area contributed by atoms with E-state index in [1.54, 1.807) is 16.7 Å². The highest BCUT2D eigenvalue weighted by molar-refractivity contribution is 7.99. The third kappa shape index (κ3) is 3.84. The van der Waals surface area contributed by atoms with E-state index in [0.717, 1.165) is 12.8 Å². The van der Waals surface area contributed by atoms with Crippen LogP contribution < -0.4 is 10.9 Å². The van der Waals surface area contributed by atoms with Gasteiger partial charge in [0.1, 0.15) is 5.82 Å². The average molecular weight is 404 g/mol. The van der Waals surface area contributed by atoms with E-state index in [-0.39, 0.29) is 28.3 Å². The molecular weight excluding hydrogens is 389 g/mol. The van der Waals surface area contributed by atoms with E-state index in [9.17, 15) is 14.0 Å². The van der Waals surface area contributed by atoms with Gasteiger partial charge in [-0.25, -0.2) is 9.37 Å². The molecule has 1 N–H and O–H groups in total. The Morgan fingerprint density at radius 2 is 2.07 bits per heavy atom. The maximum absolute atomic E-state index is 13.2. The number of thioether (sulfide) groups is 1. The number of nitrogens with one attached hydrogen (secondary N) is 1. The second-order valence-corrected chi connectivity index (χ2v) is 7.63. The third-order valence-electron chi connectivity index (χ3n) is 4.22. The average Bonchev–Trinajstić information content (AvgIpc) is 3.48. The minimum absolute atomic E-state index is 0.0563. The lowest BCUT2D eigenvalue weighted by molar-refractivity contribution is -0.113. The van der Waals surface area contributed by atoms with Gasteiger partial charge in [0, 0.05) is 11.7 Å². The van der Waals surface area contributed by atoms with Crippen molar-refractivity contribution in [1.82, 2.24) is 9.55 Å². The van der Waals surface area contributed by atoms with Gasteiger partial charge in [0.15, 0.2) is 5.16 Å². The number of para-hydroxylation sites is 1. The zero-order chi connectivity index (χ0) is 19.0. The molecule has 0 atom stereocenters. The largest absolute Gasteiger partial charge is 0.325 e. The number of benzene rings is 2. The molecule has 5 nitrogen and oxygen atoms in total. The Morgan fingerprint density at radius 3 is 2.81 bits per heavy atom. The number of carbonyl (C=O) groups excluding carboxylic acids is 1. The molecule has 1 fully saturated rings. The van der Waals surface area contributed by atoms with Crippen LogP contribution in [0.25, 0.3) is 10.9 Å². The van der Waals surface area contributed by atoms with Crippen LogP contribution in [0.5, 0.6) is 0 Å². The first-order valence-corrected chi connectivity index (χ1v) is 9.78. The van der Waals surface area contributed by atoms with E-state index in [1.807, 2.05) is 12.1 Å². The molecule has 0 radical (unpaired) electrons. The minimum atomic E-state index is -0.544. The molecule has 1 heterocycles. The van der Waals surface area contributed by atoms with Crippen LogP contribution in [-0.4, -0.2) is 21.2 Å². The maximum Gasteiger partial charge on any atom is 0.262 e. The number of halogens is 2. The zero-order valence-corrected chi connectivity index (χ0v) is 15.7. The quantitative estimate of drug-likeness (QED) is 0.511. The monoisotopic (exact) mass is 403 g/mol. The molecule has 1 aromatic heterocycles. The SMILES string of the molecule is O=C(CSc1nc2ccccc2c(=O)n1C1CC1)Nc1ccc(F)c(Cl)c1. The molecule has 1 saturated carbocycles. The second kappa shape index (κ2) is 7.32. The van der Waals surface area contributed by atoms with E-state index in [1.165, 1.54) is 30.0 Å². The first kappa shape index (κ1) is 18.0. The highest BCUT2D eigenvalue weighted by Crippen LogP contribution is 2.36. The van der Waals surface area contributed by atoms with Crippen molar-refractivity contribution in [3.63, 3.8) is 0 Å². The van der Waals surface area contributed by atoms with E-state index in [0.29, 0.717) is 21.7 Å². The fraction of sp³-hybridized carbons (Fsp3) is 0.211. The predicted octanol–water partition coefficient (Wildman–Crippen LogP) is 4.25. The Kier molecular flexibility index (Phi) is 4.88. The number of nitrogens with zero attached hydrogens (tertiary/aromatic N) is 2. The van der Waals surface area contributed by atoms with Crippen molar-refractivity contribution < 1.29 is 9.18 Å². The van der Waals surface area contributed by atoms with Crippen molar-refractivity contribution in [1.29, 1.82) is 0 Å². The molecule has 27 heavy (non-hydrogen) atoms. The van der Waals surface area contributed by atoms with Gasteiger partial charge in [0.2, 0.25) is 5.91 Å². The van der Waals surface area contributed by atoms with Gasteiger partial charge in [-0.3, -0.25) is 14.2 Å². The number of fused-ring (bicyclic) bond motifs is 1. The number of anilines is 1. The summed E-state index contributed by atoms with van der Waals surface area (Å²) in [7, 11) is 0. The third-order valence-corrected chi connectivity index (χ3v) is 5.47. The Morgan fingerprint density at radius 1 is 1.30 bits per heavy atom. The molecule has 4 rings (SSSR count). The van der Waals surface area contributed by atoms with Gasteiger partial charge < -0.3 is 5.32 Å². The maximum atomic E-state index is 13.2. The minimum Gasteiger partial charge on any atom is -0.325 e. The van der Waals surface area contributed by atoms with Crippen LogP contribution in [0.15, 0.2) is 52.4 Å². The fourth-order valence-electron chi connectivity index (χ4n) is 2.78. The van der Waals surface area contributed by atoms with Crippen LogP contribution in [0.3, 0.4) is 0 Å². The summed E-state index contributed by atoms with van der Waals surface area (Å²) >= 11 is 6.94. The summed E-state index contributed by atoms with van der Waals surface area (Å²) < 4.78 is 14.9. The number of aromatic nitrogens is 2. The Balaban J connectivity index is 1.54. The fourth-order valence-corrected chi connectivity index (χ4v) is 3.83. The molecule has 1 amide bonds. The lowest BCUT2D eigenvalue weighted by atomic mass is 10.2. The van der Waals surface area contributed by atoms with Crippen LogP contribution in [0.1, 0.15) is 18.9 Å². The Hall–Kier alpha value is -2.38. The molecule has 1 aliphatic carbocycles. The standard InChI is InChI=1S/C19H15ClFN3O2S/c20-14-9-11(5-8-15(14)21)22-17(25)10-27-19-23-16-4-2-1-3-13(16)18(26)24(19)12-6-7-12/h1-5,8-9,12H,6-7,10H2,(H,22,25). The number of hydrogen-bond donors (Lipinski definition) is 1. The summed E-state index contributed by atoms with van der Waals surface area (Å²) in [4.78, 5) is 29.6. The van der Waals surface area contributed by atoms with Gasteiger partial charge in [-0.2, -0.15) is 0 Å². The second-order valence-electron chi connectivity index (χ2n) is 6.28. The molecule has 0 spiro atoms. The van der Waals surface area contributed by atoms with Gasteiger partial charge in [0.05, 0.1) is 21.7 Å². The predicted molar refractivity (Wildman–Crippen MR) is 105 cm³/mol. The van der Waals surface area contributed by atoms with Gasteiger partial charge in [-0.1, -0.05) is 35.5 Å².